The van der Waals surface area contributed by atoms with E-state index in [1.807, 2.05) is 32.0 Å². The fraction of sp³-hybridized carbons (Fsp3) is 0.447. The van der Waals surface area contributed by atoms with Crippen LogP contribution < -0.4 is 10.6 Å². The highest BCUT2D eigenvalue weighted by Gasteiger charge is 2.37. The lowest BCUT2D eigenvalue weighted by atomic mass is 9.98. The van der Waals surface area contributed by atoms with E-state index in [4.69, 9.17) is 4.74 Å². The van der Waals surface area contributed by atoms with Crippen molar-refractivity contribution in [2.24, 2.45) is 0 Å². The summed E-state index contributed by atoms with van der Waals surface area (Å²) in [5, 5.41) is 26.7. The van der Waals surface area contributed by atoms with Crippen LogP contribution in [0.15, 0.2) is 66.7 Å². The smallest absolute Gasteiger partial charge is 0.408 e. The number of para-hydroxylation sites is 2. The lowest BCUT2D eigenvalue weighted by Gasteiger charge is -2.35. The number of carbonyl (C=O) groups is 3. The van der Waals surface area contributed by atoms with Crippen LogP contribution in [0.5, 0.6) is 11.5 Å². The van der Waals surface area contributed by atoms with Crippen molar-refractivity contribution in [3.8, 4) is 11.5 Å². The van der Waals surface area contributed by atoms with Crippen LogP contribution in [0.25, 0.3) is 0 Å². The second-order valence-electron chi connectivity index (χ2n) is 13.1. The Balaban J connectivity index is 2.09. The summed E-state index contributed by atoms with van der Waals surface area (Å²) in [7, 11) is 0. The van der Waals surface area contributed by atoms with Gasteiger partial charge in [-0.05, 0) is 75.9 Å². The van der Waals surface area contributed by atoms with Gasteiger partial charge in [-0.25, -0.2) is 4.79 Å². The largest absolute Gasteiger partial charge is 0.508 e. The minimum absolute atomic E-state index is 0.0733. The summed E-state index contributed by atoms with van der Waals surface area (Å²) in [6, 6.07) is 16.3. The van der Waals surface area contributed by atoms with Gasteiger partial charge in [-0.2, -0.15) is 0 Å². The summed E-state index contributed by atoms with van der Waals surface area (Å²) in [6.07, 6.45) is 5.06. The quantitative estimate of drug-likeness (QED) is 0.125. The molecule has 2 atom stereocenters. The van der Waals surface area contributed by atoms with Gasteiger partial charge in [0, 0.05) is 24.2 Å². The predicted octanol–water partition coefficient (Wildman–Crippen LogP) is 7.72. The first kappa shape index (κ1) is 36.9. The number of carbonyl (C=O) groups excluding carboxylic acids is 3. The van der Waals surface area contributed by atoms with Crippen molar-refractivity contribution in [3.05, 3.63) is 89.0 Å². The van der Waals surface area contributed by atoms with Crippen molar-refractivity contribution < 1.29 is 29.3 Å². The molecule has 4 N–H and O–H groups in total. The van der Waals surface area contributed by atoms with Crippen LogP contribution in [0.4, 0.5) is 10.5 Å². The Hall–Kier alpha value is -4.53. The summed E-state index contributed by atoms with van der Waals surface area (Å²) in [5.41, 5.74) is 2.52. The third kappa shape index (κ3) is 11.3. The number of alkyl carbamates (subject to hydrolysis) is 1. The van der Waals surface area contributed by atoms with Crippen LogP contribution in [-0.4, -0.2) is 51.2 Å². The fourth-order valence-corrected chi connectivity index (χ4v) is 5.52. The zero-order valence-electron chi connectivity index (χ0n) is 28.6. The molecule has 0 spiro atoms. The fourth-order valence-electron chi connectivity index (χ4n) is 5.52. The molecule has 9 nitrogen and oxygen atoms in total. The Kier molecular flexibility index (Phi) is 13.7. The van der Waals surface area contributed by atoms with Crippen LogP contribution in [0, 0.1) is 13.8 Å². The highest BCUT2D eigenvalue weighted by molar-refractivity contribution is 6.00. The van der Waals surface area contributed by atoms with E-state index in [0.717, 1.165) is 43.2 Å². The van der Waals surface area contributed by atoms with Gasteiger partial charge in [-0.1, -0.05) is 87.6 Å². The normalized spacial score (nSPS) is 12.6. The van der Waals surface area contributed by atoms with E-state index >= 15 is 0 Å². The summed E-state index contributed by atoms with van der Waals surface area (Å²) in [6.45, 7) is 11.4. The van der Waals surface area contributed by atoms with Crippen molar-refractivity contribution in [1.29, 1.82) is 0 Å². The van der Waals surface area contributed by atoms with Crippen LogP contribution in [0.2, 0.25) is 0 Å². The molecule has 0 saturated carbocycles. The van der Waals surface area contributed by atoms with Gasteiger partial charge in [0.05, 0.1) is 0 Å². The third-order valence-corrected chi connectivity index (χ3v) is 7.92. The van der Waals surface area contributed by atoms with Crippen molar-refractivity contribution in [1.82, 2.24) is 10.2 Å². The van der Waals surface area contributed by atoms with E-state index in [2.05, 4.69) is 17.6 Å². The number of phenolic OH excluding ortho intramolecular Hbond substituents is 2. The molecule has 3 aromatic carbocycles. The van der Waals surface area contributed by atoms with Gasteiger partial charge < -0.3 is 30.5 Å². The summed E-state index contributed by atoms with van der Waals surface area (Å²) >= 11 is 0. The number of phenols is 2. The highest BCUT2D eigenvalue weighted by Crippen LogP contribution is 2.32. The summed E-state index contributed by atoms with van der Waals surface area (Å²) < 4.78 is 5.53. The van der Waals surface area contributed by atoms with E-state index in [0.29, 0.717) is 17.7 Å². The van der Waals surface area contributed by atoms with Gasteiger partial charge in [0.15, 0.2) is 0 Å². The number of nitrogens with zero attached hydrogens (tertiary/aromatic N) is 1. The van der Waals surface area contributed by atoms with Gasteiger partial charge in [0.1, 0.15) is 29.2 Å². The van der Waals surface area contributed by atoms with E-state index in [9.17, 15) is 24.6 Å². The number of hydrogen-bond acceptors (Lipinski definition) is 6. The molecule has 0 radical (unpaired) electrons. The standard InChI is InChI=1S/C38H51N3O6/c1-7-8-9-10-11-14-24-41(36(45)31(39-37(46)47-38(4,5)6)25-28-20-22-29(42)23-21-28)34(30-18-12-13-19-32(30)43)35(44)40-33-26(2)16-15-17-27(33)3/h12-13,15-23,31,34,42-43H,7-11,14,24-25H2,1-6H3,(H,39,46)(H,40,44). The molecule has 0 aliphatic rings. The van der Waals surface area contributed by atoms with Crippen molar-refractivity contribution in [3.63, 3.8) is 0 Å². The van der Waals surface area contributed by atoms with Crippen LogP contribution >= 0.6 is 0 Å². The van der Waals surface area contributed by atoms with Crippen molar-refractivity contribution >= 4 is 23.6 Å². The number of anilines is 1. The first-order valence-electron chi connectivity index (χ1n) is 16.5. The molecule has 3 aromatic rings. The number of amides is 3. The highest BCUT2D eigenvalue weighted by atomic mass is 16.6. The third-order valence-electron chi connectivity index (χ3n) is 7.92. The number of aryl methyl sites for hydroxylation is 2. The van der Waals surface area contributed by atoms with Gasteiger partial charge in [0.25, 0.3) is 5.91 Å². The number of aromatic hydroxyl groups is 2. The average Bonchev–Trinajstić information content (AvgIpc) is 3.00. The zero-order chi connectivity index (χ0) is 34.6. The number of unbranched alkanes of at least 4 members (excludes halogenated alkanes) is 5. The molecule has 0 saturated heterocycles. The maximum atomic E-state index is 14.7. The monoisotopic (exact) mass is 645 g/mol. The van der Waals surface area contributed by atoms with E-state index in [1.54, 1.807) is 51.1 Å². The van der Waals surface area contributed by atoms with E-state index in [-0.39, 0.29) is 30.0 Å². The second kappa shape index (κ2) is 17.4. The SMILES string of the molecule is CCCCCCCCN(C(=O)C(Cc1ccc(O)cc1)NC(=O)OC(C)(C)C)C(C(=O)Nc1c(C)cccc1C)c1ccccc1O. The van der Waals surface area contributed by atoms with Crippen LogP contribution in [0.1, 0.15) is 94.5 Å². The molecule has 2 unspecified atom stereocenters. The molecule has 0 bridgehead atoms. The molecule has 0 aliphatic carbocycles. The lowest BCUT2D eigenvalue weighted by Crippen LogP contribution is -2.53. The molecule has 0 aromatic heterocycles. The molecule has 0 fully saturated rings. The Morgan fingerprint density at radius 2 is 1.45 bits per heavy atom. The molecular weight excluding hydrogens is 594 g/mol. The summed E-state index contributed by atoms with van der Waals surface area (Å²) in [4.78, 5) is 43.7. The Morgan fingerprint density at radius 3 is 2.06 bits per heavy atom. The Bertz CT molecular complexity index is 1460. The molecule has 3 rings (SSSR count). The van der Waals surface area contributed by atoms with Crippen molar-refractivity contribution in [2.75, 3.05) is 11.9 Å². The van der Waals surface area contributed by atoms with E-state index < -0.39 is 35.6 Å². The molecule has 47 heavy (non-hydrogen) atoms. The number of rotatable bonds is 15. The van der Waals surface area contributed by atoms with Gasteiger partial charge in [0.2, 0.25) is 5.91 Å². The second-order valence-corrected chi connectivity index (χ2v) is 13.1. The first-order chi connectivity index (χ1) is 22.3. The van der Waals surface area contributed by atoms with Gasteiger partial charge in [-0.15, -0.1) is 0 Å². The van der Waals surface area contributed by atoms with Crippen LogP contribution in [0.3, 0.4) is 0 Å². The first-order valence-corrected chi connectivity index (χ1v) is 16.5. The molecule has 9 heteroatoms. The van der Waals surface area contributed by atoms with Crippen molar-refractivity contribution in [2.45, 2.75) is 104 Å². The molecular formula is C38H51N3O6. The van der Waals surface area contributed by atoms with Gasteiger partial charge >= 0.3 is 6.09 Å². The minimum atomic E-state index is -1.21. The summed E-state index contributed by atoms with van der Waals surface area (Å²) in [5.74, 6) is -1.03. The molecule has 3 amide bonds. The van der Waals surface area contributed by atoms with E-state index in [1.165, 1.54) is 23.1 Å². The number of hydrogen-bond donors (Lipinski definition) is 4. The molecule has 0 aliphatic heterocycles. The average molecular weight is 646 g/mol. The van der Waals surface area contributed by atoms with Crippen LogP contribution in [-0.2, 0) is 20.7 Å². The topological polar surface area (TPSA) is 128 Å². The maximum Gasteiger partial charge on any atom is 0.408 e. The predicted molar refractivity (Wildman–Crippen MR) is 185 cm³/mol. The number of nitrogens with one attached hydrogen (secondary N) is 2. The number of benzene rings is 3. The zero-order valence-corrected chi connectivity index (χ0v) is 28.6. The Labute approximate surface area is 279 Å². The lowest BCUT2D eigenvalue weighted by molar-refractivity contribution is -0.141. The van der Waals surface area contributed by atoms with Gasteiger partial charge in [-0.3, -0.25) is 9.59 Å². The molecule has 0 heterocycles. The molecule has 254 valence electrons. The maximum absolute atomic E-state index is 14.7. The number of ether oxygens (including phenoxy) is 1. The minimum Gasteiger partial charge on any atom is -0.508 e. The Morgan fingerprint density at radius 1 is 0.830 bits per heavy atom.